The molecular weight excluding hydrogens is 324 g/mol. The van der Waals surface area contributed by atoms with E-state index >= 15 is 0 Å². The molecule has 0 aromatic carbocycles. The van der Waals surface area contributed by atoms with Crippen LogP contribution in [0.5, 0.6) is 0 Å². The van der Waals surface area contributed by atoms with Crippen LogP contribution in [0, 0.1) is 17.8 Å². The maximum atomic E-state index is 6.61. The molecule has 0 aromatic rings. The molecule has 0 bridgehead atoms. The first-order chi connectivity index (χ1) is 12.0. The van der Waals surface area contributed by atoms with Crippen LogP contribution in [0.25, 0.3) is 0 Å². The van der Waals surface area contributed by atoms with Gasteiger partial charge < -0.3 is 4.74 Å². The second-order valence-corrected chi connectivity index (χ2v) is 8.96. The molecule has 0 aliphatic heterocycles. The van der Waals surface area contributed by atoms with E-state index in [0.29, 0.717) is 17.9 Å². The first-order valence-electron chi connectivity index (χ1n) is 10.6. The van der Waals surface area contributed by atoms with Gasteiger partial charge in [0.25, 0.3) is 0 Å². The molecule has 1 fully saturated rings. The summed E-state index contributed by atoms with van der Waals surface area (Å²) >= 11 is 1.84. The van der Waals surface area contributed by atoms with Crippen LogP contribution in [-0.2, 0) is 4.74 Å². The largest absolute Gasteiger partial charge is 0.489 e. The zero-order valence-corrected chi connectivity index (χ0v) is 18.5. The number of rotatable bonds is 11. The van der Waals surface area contributed by atoms with Crippen LogP contribution < -0.4 is 0 Å². The topological polar surface area (TPSA) is 9.23 Å². The number of thioether (sulfide) groups is 1. The van der Waals surface area contributed by atoms with Gasteiger partial charge in [-0.3, -0.25) is 0 Å². The summed E-state index contributed by atoms with van der Waals surface area (Å²) in [6, 6.07) is 0. The lowest BCUT2D eigenvalue weighted by molar-refractivity contribution is 0.00278. The van der Waals surface area contributed by atoms with Gasteiger partial charge in [-0.05, 0) is 62.7 Å². The fraction of sp³-hybridized carbons (Fsp3) is 0.826. The molecule has 0 saturated heterocycles. The molecule has 0 heterocycles. The number of ether oxygens (including phenoxy) is 1. The van der Waals surface area contributed by atoms with Crippen molar-refractivity contribution in [2.45, 2.75) is 98.5 Å². The lowest BCUT2D eigenvalue weighted by Crippen LogP contribution is -2.34. The Balaban J connectivity index is 2.64. The lowest BCUT2D eigenvalue weighted by Gasteiger charge is -2.38. The van der Waals surface area contributed by atoms with Gasteiger partial charge in [0.1, 0.15) is 11.9 Å². The highest BCUT2D eigenvalue weighted by Crippen LogP contribution is 2.38. The molecule has 0 spiro atoms. The second-order valence-electron chi connectivity index (χ2n) is 8.11. The van der Waals surface area contributed by atoms with Crippen LogP contribution >= 0.6 is 11.8 Å². The van der Waals surface area contributed by atoms with Crippen LogP contribution in [0.2, 0.25) is 0 Å². The van der Waals surface area contributed by atoms with Crippen molar-refractivity contribution in [2.24, 2.45) is 17.8 Å². The molecule has 0 amide bonds. The molecule has 3 atom stereocenters. The van der Waals surface area contributed by atoms with Crippen molar-refractivity contribution in [1.29, 1.82) is 0 Å². The standard InChI is InChI=1S/C23H42OS/c1-7-9-10-11-12-13-14-23(25-6)21(8-2)24-22-17-19(5)15-16-20(22)18(3)4/h8,14,18-20,22H,7,9-13,15-17H2,1-6H3/b21-8-,23-14-/t19-,20+,22-/m1/s1. The summed E-state index contributed by atoms with van der Waals surface area (Å²) in [7, 11) is 0. The van der Waals surface area contributed by atoms with Gasteiger partial charge in [0.05, 0.1) is 0 Å². The number of allylic oxidation sites excluding steroid dienone is 2. The van der Waals surface area contributed by atoms with Crippen molar-refractivity contribution in [1.82, 2.24) is 0 Å². The highest BCUT2D eigenvalue weighted by atomic mass is 32.2. The number of hydrogen-bond donors (Lipinski definition) is 0. The number of hydrogen-bond acceptors (Lipinski definition) is 2. The Kier molecular flexibility index (Phi) is 11.7. The van der Waals surface area contributed by atoms with E-state index in [1.165, 1.54) is 62.7 Å². The Morgan fingerprint density at radius 3 is 2.48 bits per heavy atom. The Morgan fingerprint density at radius 2 is 1.88 bits per heavy atom. The number of unbranched alkanes of at least 4 members (excludes halogenated alkanes) is 5. The molecular formula is C23H42OS. The Bertz CT molecular complexity index is 410. The van der Waals surface area contributed by atoms with Crippen molar-refractivity contribution < 1.29 is 4.74 Å². The average Bonchev–Trinajstić information content (AvgIpc) is 2.59. The summed E-state index contributed by atoms with van der Waals surface area (Å²) in [5, 5.41) is 0. The second kappa shape index (κ2) is 12.9. The van der Waals surface area contributed by atoms with Crippen molar-refractivity contribution >= 4 is 11.8 Å². The summed E-state index contributed by atoms with van der Waals surface area (Å²) in [4.78, 5) is 1.33. The van der Waals surface area contributed by atoms with Gasteiger partial charge in [0.2, 0.25) is 0 Å². The van der Waals surface area contributed by atoms with Gasteiger partial charge in [0.15, 0.2) is 0 Å². The fourth-order valence-electron chi connectivity index (χ4n) is 3.95. The van der Waals surface area contributed by atoms with E-state index in [9.17, 15) is 0 Å². The summed E-state index contributed by atoms with van der Waals surface area (Å²) in [6.07, 6.45) is 18.9. The molecule has 146 valence electrons. The third kappa shape index (κ3) is 8.24. The maximum Gasteiger partial charge on any atom is 0.128 e. The Labute approximate surface area is 162 Å². The van der Waals surface area contributed by atoms with Crippen molar-refractivity contribution in [3.05, 3.63) is 22.8 Å². The minimum absolute atomic E-state index is 0.384. The molecule has 2 heteroatoms. The van der Waals surface area contributed by atoms with E-state index in [1.54, 1.807) is 0 Å². The predicted octanol–water partition coefficient (Wildman–Crippen LogP) is 7.98. The van der Waals surface area contributed by atoms with Crippen LogP contribution in [0.3, 0.4) is 0 Å². The molecule has 1 aliphatic carbocycles. The SMILES string of the molecule is C/C=C(O[C@@H]1C[C@H](C)CC[C@H]1C(C)C)/C(=C/CCCCCCC)SC. The van der Waals surface area contributed by atoms with Crippen LogP contribution in [-0.4, -0.2) is 12.4 Å². The van der Waals surface area contributed by atoms with Crippen LogP contribution in [0.15, 0.2) is 22.8 Å². The highest BCUT2D eigenvalue weighted by Gasteiger charge is 2.32. The van der Waals surface area contributed by atoms with Gasteiger partial charge in [-0.2, -0.15) is 0 Å². The van der Waals surface area contributed by atoms with E-state index in [4.69, 9.17) is 4.74 Å². The first kappa shape index (κ1) is 22.7. The van der Waals surface area contributed by atoms with E-state index in [2.05, 4.69) is 53.0 Å². The minimum atomic E-state index is 0.384. The van der Waals surface area contributed by atoms with Gasteiger partial charge in [0, 0.05) is 4.91 Å². The monoisotopic (exact) mass is 366 g/mol. The zero-order chi connectivity index (χ0) is 18.7. The summed E-state index contributed by atoms with van der Waals surface area (Å²) in [5.74, 6) is 3.31. The molecule has 1 saturated carbocycles. The minimum Gasteiger partial charge on any atom is -0.489 e. The molecule has 1 nitrogen and oxygen atoms in total. The maximum absolute atomic E-state index is 6.61. The Morgan fingerprint density at radius 1 is 1.16 bits per heavy atom. The van der Waals surface area contributed by atoms with Crippen molar-refractivity contribution in [3.8, 4) is 0 Å². The van der Waals surface area contributed by atoms with Gasteiger partial charge >= 0.3 is 0 Å². The third-order valence-corrected chi connectivity index (χ3v) is 6.41. The van der Waals surface area contributed by atoms with Crippen LogP contribution in [0.1, 0.15) is 92.4 Å². The fourth-order valence-corrected chi connectivity index (χ4v) is 4.60. The quantitative estimate of drug-likeness (QED) is 0.208. The van der Waals surface area contributed by atoms with Crippen LogP contribution in [0.4, 0.5) is 0 Å². The van der Waals surface area contributed by atoms with E-state index < -0.39 is 0 Å². The molecule has 0 N–H and O–H groups in total. The highest BCUT2D eigenvalue weighted by molar-refractivity contribution is 8.02. The molecule has 0 aromatic heterocycles. The Hall–Kier alpha value is -0.370. The van der Waals surface area contributed by atoms with E-state index in [-0.39, 0.29) is 0 Å². The van der Waals surface area contributed by atoms with E-state index in [0.717, 1.165) is 11.7 Å². The van der Waals surface area contributed by atoms with E-state index in [1.807, 2.05) is 11.8 Å². The van der Waals surface area contributed by atoms with Gasteiger partial charge in [-0.15, -0.1) is 11.8 Å². The van der Waals surface area contributed by atoms with Crippen molar-refractivity contribution in [3.63, 3.8) is 0 Å². The summed E-state index contributed by atoms with van der Waals surface area (Å²) < 4.78 is 6.61. The lowest BCUT2D eigenvalue weighted by atomic mass is 9.75. The third-order valence-electron chi connectivity index (χ3n) is 5.60. The smallest absolute Gasteiger partial charge is 0.128 e. The average molecular weight is 367 g/mol. The van der Waals surface area contributed by atoms with Gasteiger partial charge in [-0.1, -0.05) is 65.9 Å². The molecule has 0 radical (unpaired) electrons. The summed E-state index contributed by atoms with van der Waals surface area (Å²) in [5.41, 5.74) is 0. The molecule has 25 heavy (non-hydrogen) atoms. The normalized spacial score (nSPS) is 25.5. The molecule has 0 unspecified atom stereocenters. The van der Waals surface area contributed by atoms with Gasteiger partial charge in [-0.25, -0.2) is 0 Å². The summed E-state index contributed by atoms with van der Waals surface area (Å²) in [6.45, 7) is 11.5. The zero-order valence-electron chi connectivity index (χ0n) is 17.6. The first-order valence-corrected chi connectivity index (χ1v) is 11.8. The molecule has 1 rings (SSSR count). The predicted molar refractivity (Wildman–Crippen MR) is 115 cm³/mol. The van der Waals surface area contributed by atoms with Crippen molar-refractivity contribution in [2.75, 3.05) is 6.26 Å². The molecule has 1 aliphatic rings.